The summed E-state index contributed by atoms with van der Waals surface area (Å²) in [5.74, 6) is 0.0952. The summed E-state index contributed by atoms with van der Waals surface area (Å²) in [6.07, 6.45) is 3.95. The van der Waals surface area contributed by atoms with E-state index in [-0.39, 0.29) is 24.4 Å². The lowest BCUT2D eigenvalue weighted by molar-refractivity contribution is -0.146. The predicted octanol–water partition coefficient (Wildman–Crippen LogP) is 2.07. The number of thiocarbonyl (C=S) groups is 1. The van der Waals surface area contributed by atoms with Crippen molar-refractivity contribution in [2.75, 3.05) is 19.5 Å². The van der Waals surface area contributed by atoms with Crippen molar-refractivity contribution in [3.63, 3.8) is 0 Å². The van der Waals surface area contributed by atoms with E-state index in [9.17, 15) is 9.59 Å². The van der Waals surface area contributed by atoms with Crippen molar-refractivity contribution in [3.05, 3.63) is 24.3 Å². The van der Waals surface area contributed by atoms with Crippen LogP contribution in [0.4, 0.5) is 5.69 Å². The van der Waals surface area contributed by atoms with Gasteiger partial charge in [-0.2, -0.15) is 0 Å². The highest BCUT2D eigenvalue weighted by molar-refractivity contribution is 7.80. The summed E-state index contributed by atoms with van der Waals surface area (Å²) in [7, 11) is 2.93. The van der Waals surface area contributed by atoms with Gasteiger partial charge in [-0.3, -0.25) is 9.59 Å². The van der Waals surface area contributed by atoms with Crippen molar-refractivity contribution < 1.29 is 19.1 Å². The molecule has 3 atom stereocenters. The highest BCUT2D eigenvalue weighted by atomic mass is 32.1. The topological polar surface area (TPSA) is 79.9 Å². The van der Waals surface area contributed by atoms with Crippen LogP contribution in [0.2, 0.25) is 0 Å². The molecule has 8 heteroatoms. The molecule has 0 radical (unpaired) electrons. The van der Waals surface area contributed by atoms with Gasteiger partial charge in [0.05, 0.1) is 26.7 Å². The molecule has 2 N–H and O–H groups in total. The van der Waals surface area contributed by atoms with Crippen molar-refractivity contribution in [1.29, 1.82) is 0 Å². The molecule has 2 aliphatic rings. The van der Waals surface area contributed by atoms with Crippen LogP contribution in [0.1, 0.15) is 32.1 Å². The number of rotatable bonds is 4. The quantitative estimate of drug-likeness (QED) is 0.601. The fourth-order valence-corrected chi connectivity index (χ4v) is 4.24. The van der Waals surface area contributed by atoms with E-state index in [1.54, 1.807) is 7.11 Å². The molecular weight excluding hydrogens is 366 g/mol. The number of fused-ring (bicyclic) bond motifs is 1. The van der Waals surface area contributed by atoms with Crippen LogP contribution in [0.25, 0.3) is 0 Å². The summed E-state index contributed by atoms with van der Waals surface area (Å²) >= 11 is 5.66. The molecule has 0 bridgehead atoms. The Balaban J connectivity index is 1.85. The smallest absolute Gasteiger partial charge is 0.308 e. The summed E-state index contributed by atoms with van der Waals surface area (Å²) < 4.78 is 10.0. The second-order valence-corrected chi connectivity index (χ2v) is 7.22. The van der Waals surface area contributed by atoms with Gasteiger partial charge in [0, 0.05) is 17.8 Å². The predicted molar refractivity (Wildman–Crippen MR) is 106 cm³/mol. The Labute approximate surface area is 164 Å². The van der Waals surface area contributed by atoms with E-state index in [0.717, 1.165) is 31.4 Å². The third-order valence-corrected chi connectivity index (χ3v) is 5.51. The molecule has 1 saturated heterocycles. The molecule has 2 fully saturated rings. The summed E-state index contributed by atoms with van der Waals surface area (Å²) in [6, 6.07) is 6.86. The minimum absolute atomic E-state index is 0.0362. The van der Waals surface area contributed by atoms with Crippen molar-refractivity contribution >= 4 is 34.9 Å². The maximum atomic E-state index is 12.7. The molecule has 1 aromatic carbocycles. The van der Waals surface area contributed by atoms with Crippen molar-refractivity contribution in [1.82, 2.24) is 10.2 Å². The number of benzene rings is 1. The Hall–Kier alpha value is -2.35. The van der Waals surface area contributed by atoms with Crippen molar-refractivity contribution in [3.8, 4) is 5.75 Å². The second-order valence-electron chi connectivity index (χ2n) is 6.83. The first kappa shape index (κ1) is 19.4. The lowest BCUT2D eigenvalue weighted by Gasteiger charge is -2.49. The first-order valence-corrected chi connectivity index (χ1v) is 9.55. The van der Waals surface area contributed by atoms with Crippen LogP contribution in [0.3, 0.4) is 0 Å². The summed E-state index contributed by atoms with van der Waals surface area (Å²) in [4.78, 5) is 26.5. The van der Waals surface area contributed by atoms with E-state index >= 15 is 0 Å². The van der Waals surface area contributed by atoms with Crippen LogP contribution in [0, 0.1) is 0 Å². The fraction of sp³-hybridized carbons (Fsp3) is 0.526. The molecular formula is C19H25N3O4S. The van der Waals surface area contributed by atoms with Crippen molar-refractivity contribution in [2.45, 2.75) is 50.2 Å². The number of ether oxygens (including phenoxy) is 2. The number of amides is 1. The molecule has 3 rings (SSSR count). The molecule has 1 aliphatic carbocycles. The van der Waals surface area contributed by atoms with Crippen LogP contribution in [0.5, 0.6) is 5.75 Å². The Bertz CT molecular complexity index is 727. The maximum absolute atomic E-state index is 12.7. The van der Waals surface area contributed by atoms with E-state index < -0.39 is 12.0 Å². The minimum atomic E-state index is -0.678. The molecule has 0 spiro atoms. The standard InChI is InChI=1S/C19H25N3O4S/c1-25-13-7-5-6-12(10-13)20-19(27)22-15-9-4-3-8-14(15)21-18(24)16(22)11-17(23)26-2/h5-7,10,14-16H,3-4,8-9,11H2,1-2H3,(H,20,27)(H,21,24). The molecule has 1 aliphatic heterocycles. The van der Waals surface area contributed by atoms with Crippen molar-refractivity contribution in [2.24, 2.45) is 0 Å². The van der Waals surface area contributed by atoms with Gasteiger partial charge in [-0.25, -0.2) is 0 Å². The van der Waals surface area contributed by atoms with E-state index in [1.165, 1.54) is 7.11 Å². The van der Waals surface area contributed by atoms with Crippen LogP contribution in [0.15, 0.2) is 24.3 Å². The SMILES string of the molecule is COC(=O)CC1C(=O)NC2CCCCC2N1C(=S)Nc1cccc(OC)c1. The van der Waals surface area contributed by atoms with Crippen LogP contribution in [-0.2, 0) is 14.3 Å². The van der Waals surface area contributed by atoms with Gasteiger partial charge < -0.3 is 25.0 Å². The van der Waals surface area contributed by atoms with Gasteiger partial charge in [0.25, 0.3) is 0 Å². The molecule has 146 valence electrons. The van der Waals surface area contributed by atoms with Gasteiger partial charge in [0.1, 0.15) is 11.8 Å². The third kappa shape index (κ3) is 4.32. The van der Waals surface area contributed by atoms with Gasteiger partial charge in [-0.05, 0) is 37.2 Å². The first-order valence-electron chi connectivity index (χ1n) is 9.14. The lowest BCUT2D eigenvalue weighted by Crippen LogP contribution is -2.68. The average Bonchev–Trinajstić information content (AvgIpc) is 2.68. The number of hydrogen-bond donors (Lipinski definition) is 2. The Morgan fingerprint density at radius 3 is 2.85 bits per heavy atom. The fourth-order valence-electron chi connectivity index (χ4n) is 3.86. The first-order chi connectivity index (χ1) is 13.0. The van der Waals surface area contributed by atoms with E-state index in [2.05, 4.69) is 10.6 Å². The van der Waals surface area contributed by atoms with E-state index in [0.29, 0.717) is 10.9 Å². The third-order valence-electron chi connectivity index (χ3n) is 5.20. The Morgan fingerprint density at radius 2 is 2.11 bits per heavy atom. The number of carbonyl (C=O) groups excluding carboxylic acids is 2. The van der Waals surface area contributed by atoms with Crippen LogP contribution in [-0.4, -0.2) is 54.2 Å². The molecule has 1 saturated carbocycles. The molecule has 1 aromatic rings. The molecule has 7 nitrogen and oxygen atoms in total. The summed E-state index contributed by atoms with van der Waals surface area (Å²) in [5, 5.41) is 6.71. The molecule has 1 heterocycles. The normalized spacial score (nSPS) is 24.4. The summed E-state index contributed by atoms with van der Waals surface area (Å²) in [5.41, 5.74) is 0.773. The number of nitrogens with one attached hydrogen (secondary N) is 2. The number of methoxy groups -OCH3 is 2. The zero-order valence-electron chi connectivity index (χ0n) is 15.6. The number of carbonyl (C=O) groups is 2. The summed E-state index contributed by atoms with van der Waals surface area (Å²) in [6.45, 7) is 0. The molecule has 0 aromatic heterocycles. The van der Waals surface area contributed by atoms with Crippen LogP contribution < -0.4 is 15.4 Å². The Kier molecular flexibility index (Phi) is 6.15. The monoisotopic (exact) mass is 391 g/mol. The van der Waals surface area contributed by atoms with Gasteiger partial charge in [-0.15, -0.1) is 0 Å². The molecule has 3 unspecified atom stereocenters. The molecule has 1 amide bonds. The van der Waals surface area contributed by atoms with Crippen LogP contribution >= 0.6 is 12.2 Å². The minimum Gasteiger partial charge on any atom is -0.497 e. The van der Waals surface area contributed by atoms with E-state index in [1.807, 2.05) is 29.2 Å². The number of hydrogen-bond acceptors (Lipinski definition) is 5. The van der Waals surface area contributed by atoms with E-state index in [4.69, 9.17) is 21.7 Å². The van der Waals surface area contributed by atoms with Gasteiger partial charge >= 0.3 is 5.97 Å². The molecule has 27 heavy (non-hydrogen) atoms. The highest BCUT2D eigenvalue weighted by Crippen LogP contribution is 2.30. The van der Waals surface area contributed by atoms with Gasteiger partial charge in [0.2, 0.25) is 5.91 Å². The second kappa shape index (κ2) is 8.56. The number of piperazine rings is 1. The zero-order valence-corrected chi connectivity index (χ0v) is 16.4. The number of esters is 1. The van der Waals surface area contributed by atoms with Gasteiger partial charge in [0.15, 0.2) is 5.11 Å². The number of anilines is 1. The highest BCUT2D eigenvalue weighted by Gasteiger charge is 2.44. The lowest BCUT2D eigenvalue weighted by atomic mass is 9.85. The maximum Gasteiger partial charge on any atom is 0.308 e. The Morgan fingerprint density at radius 1 is 1.33 bits per heavy atom. The largest absolute Gasteiger partial charge is 0.497 e. The number of nitrogens with zero attached hydrogens (tertiary/aromatic N) is 1. The zero-order chi connectivity index (χ0) is 19.4. The van der Waals surface area contributed by atoms with Gasteiger partial charge in [-0.1, -0.05) is 18.9 Å². The average molecular weight is 391 g/mol.